The van der Waals surface area contributed by atoms with E-state index in [2.05, 4.69) is 4.13 Å². The molecule has 4 aliphatic rings. The van der Waals surface area contributed by atoms with E-state index < -0.39 is 48.5 Å². The molecule has 4 aliphatic carbocycles. The van der Waals surface area contributed by atoms with Crippen LogP contribution in [0.3, 0.4) is 0 Å². The van der Waals surface area contributed by atoms with Crippen LogP contribution in [-0.4, -0.2) is 44.8 Å². The number of Topliss-reactive ketones (excluding diaryl/α,β-unsaturated/α-hetero) is 1. The van der Waals surface area contributed by atoms with Crippen LogP contribution in [0.2, 0.25) is 0 Å². The quantitative estimate of drug-likeness (QED) is 0.722. The van der Waals surface area contributed by atoms with Crippen LogP contribution in [0.25, 0.3) is 4.13 Å². The molecule has 4 rings (SSSR count). The van der Waals surface area contributed by atoms with Crippen LogP contribution in [0.5, 0.6) is 0 Å². The van der Waals surface area contributed by atoms with E-state index in [4.69, 9.17) is 0 Å². The van der Waals surface area contributed by atoms with E-state index in [1.807, 2.05) is 0 Å². The van der Waals surface area contributed by atoms with Crippen LogP contribution >= 0.6 is 0 Å². The zero-order chi connectivity index (χ0) is 18.9. The predicted molar refractivity (Wildman–Crippen MR) is 83.8 cm³/mol. The first kappa shape index (κ1) is 19.1. The van der Waals surface area contributed by atoms with E-state index in [1.165, 1.54) is 0 Å². The molecule has 0 aromatic carbocycles. The van der Waals surface area contributed by atoms with Gasteiger partial charge < -0.3 is 9.23 Å². The van der Waals surface area contributed by atoms with Crippen LogP contribution in [0.1, 0.15) is 44.9 Å². The van der Waals surface area contributed by atoms with Crippen LogP contribution in [0.4, 0.5) is 8.78 Å². The van der Waals surface area contributed by atoms with Crippen molar-refractivity contribution in [2.24, 2.45) is 17.3 Å². The molecule has 1 N–H and O–H groups in total. The summed E-state index contributed by atoms with van der Waals surface area (Å²) >= 11 is 0. The lowest BCUT2D eigenvalue weighted by molar-refractivity contribution is -0.172. The molecule has 0 aromatic rings. The molecule has 0 aliphatic heterocycles. The van der Waals surface area contributed by atoms with Crippen molar-refractivity contribution in [3.8, 4) is 0 Å². The van der Waals surface area contributed by atoms with Gasteiger partial charge in [0.2, 0.25) is 5.78 Å². The molecule has 4 bridgehead atoms. The fourth-order valence-corrected chi connectivity index (χ4v) is 7.58. The molecule has 0 heterocycles. The maximum absolute atomic E-state index is 14.1. The van der Waals surface area contributed by atoms with Gasteiger partial charge in [0.15, 0.2) is 10.0 Å². The van der Waals surface area contributed by atoms with Crippen molar-refractivity contribution >= 4 is 25.8 Å². The maximum Gasteiger partial charge on any atom is 0.387 e. The number of nitrogens with zero attached hydrogens (tertiary/aromatic N) is 1. The molecule has 0 spiro atoms. The summed E-state index contributed by atoms with van der Waals surface area (Å²) in [6.07, 6.45) is 2.89. The minimum atomic E-state index is -5.82. The Morgan fingerprint density at radius 2 is 1.68 bits per heavy atom. The number of alkyl halides is 2. The monoisotopic (exact) mass is 400 g/mol. The van der Waals surface area contributed by atoms with E-state index in [-0.39, 0.29) is 18.3 Å². The summed E-state index contributed by atoms with van der Waals surface area (Å²) < 4.78 is 75.5. The topological polar surface area (TPSA) is 120 Å². The summed E-state index contributed by atoms with van der Waals surface area (Å²) in [6, 6.07) is 0. The molecule has 144 valence electrons. The lowest BCUT2D eigenvalue weighted by atomic mass is 9.47. The van der Waals surface area contributed by atoms with Gasteiger partial charge in [-0.15, -0.1) is 0 Å². The van der Waals surface area contributed by atoms with E-state index in [1.54, 1.807) is 0 Å². The fourth-order valence-electron chi connectivity index (χ4n) is 5.42. The third kappa shape index (κ3) is 3.47. The Hall–Kier alpha value is -0.650. The van der Waals surface area contributed by atoms with E-state index in [0.717, 1.165) is 6.42 Å². The fraction of sp³-hybridized carbons (Fsp3) is 0.929. The van der Waals surface area contributed by atoms with Crippen molar-refractivity contribution in [2.75, 3.05) is 6.26 Å². The number of rotatable bonds is 6. The van der Waals surface area contributed by atoms with Gasteiger partial charge in [0.25, 0.3) is 0 Å². The minimum Gasteiger partial charge on any atom is -0.431 e. The summed E-state index contributed by atoms with van der Waals surface area (Å²) in [6.45, 7) is 0. The number of hydrogen-bond acceptors (Lipinski definition) is 6. The highest BCUT2D eigenvalue weighted by atomic mass is 32.3. The molecular formula is C14H20F2NO6S2-. The molecule has 2 unspecified atom stereocenters. The number of carbonyl (C=O) groups excluding carboxylic acids is 1. The molecule has 0 saturated heterocycles. The normalized spacial score (nSPS) is 38.1. The smallest absolute Gasteiger partial charge is 0.387 e. The summed E-state index contributed by atoms with van der Waals surface area (Å²) in [5.74, 6) is -1.57. The molecule has 4 fully saturated rings. The number of aliphatic hydroxyl groups is 1. The summed E-state index contributed by atoms with van der Waals surface area (Å²) in [7, 11) is -10.4. The largest absolute Gasteiger partial charge is 0.431 e. The zero-order valence-corrected chi connectivity index (χ0v) is 15.2. The third-order valence-corrected chi connectivity index (χ3v) is 8.31. The van der Waals surface area contributed by atoms with Crippen molar-refractivity contribution in [3.63, 3.8) is 0 Å². The number of hydrogen-bond donors (Lipinski definition) is 1. The number of ketones is 1. The molecule has 7 nitrogen and oxygen atoms in total. The SMILES string of the molecule is CS(=O)(=O)[N-]S(=O)(=O)C(F)(F)C(=O)CC12CC3CC(CC(O)(C3)C1)C2. The van der Waals surface area contributed by atoms with Crippen LogP contribution in [-0.2, 0) is 24.8 Å². The van der Waals surface area contributed by atoms with Crippen molar-refractivity contribution in [1.82, 2.24) is 0 Å². The Balaban J connectivity index is 1.82. The third-order valence-electron chi connectivity index (χ3n) is 5.57. The van der Waals surface area contributed by atoms with Gasteiger partial charge in [-0.2, -0.15) is 8.78 Å². The molecule has 0 amide bonds. The Bertz CT molecular complexity index is 793. The number of sulfonamides is 2. The molecule has 11 heteroatoms. The van der Waals surface area contributed by atoms with E-state index in [0.29, 0.717) is 31.9 Å². The van der Waals surface area contributed by atoms with Gasteiger partial charge in [0.1, 0.15) is 0 Å². The molecular weight excluding hydrogens is 380 g/mol. The molecule has 25 heavy (non-hydrogen) atoms. The lowest BCUT2D eigenvalue weighted by Crippen LogP contribution is -2.57. The standard InChI is InChI=1S/C14H20F2NO6S2/c1-24(20,21)17-25(22,23)14(15,16)11(18)7-12-3-9-2-10(4-12)6-13(19,5-9)8-12/h9-10,19H,2-8H2,1H3/q-1. The first-order chi connectivity index (χ1) is 11.2. The Morgan fingerprint density at radius 1 is 1.16 bits per heavy atom. The van der Waals surface area contributed by atoms with Crippen LogP contribution in [0, 0.1) is 17.3 Å². The average molecular weight is 400 g/mol. The highest BCUT2D eigenvalue weighted by Gasteiger charge is 2.60. The van der Waals surface area contributed by atoms with E-state index in [9.17, 15) is 35.5 Å². The highest BCUT2D eigenvalue weighted by Crippen LogP contribution is 2.63. The molecule has 2 atom stereocenters. The predicted octanol–water partition coefficient (Wildman–Crippen LogP) is 1.53. The van der Waals surface area contributed by atoms with Crippen LogP contribution in [0.15, 0.2) is 0 Å². The first-order valence-electron chi connectivity index (χ1n) is 7.98. The molecule has 0 aromatic heterocycles. The van der Waals surface area contributed by atoms with Gasteiger partial charge in [0.05, 0.1) is 15.6 Å². The van der Waals surface area contributed by atoms with Gasteiger partial charge in [-0.3, -0.25) is 4.79 Å². The average Bonchev–Trinajstić information content (AvgIpc) is 2.31. The second-order valence-electron chi connectivity index (χ2n) is 8.08. The van der Waals surface area contributed by atoms with Crippen LogP contribution < -0.4 is 0 Å². The second kappa shape index (κ2) is 5.43. The second-order valence-corrected chi connectivity index (χ2v) is 11.6. The minimum absolute atomic E-state index is 0.144. The van der Waals surface area contributed by atoms with Crippen molar-refractivity contribution in [3.05, 3.63) is 4.13 Å². The number of carbonyl (C=O) groups is 1. The maximum atomic E-state index is 14.1. The van der Waals surface area contributed by atoms with Gasteiger partial charge in [-0.1, -0.05) is 0 Å². The Morgan fingerprint density at radius 3 is 2.12 bits per heavy atom. The van der Waals surface area contributed by atoms with Crippen molar-refractivity contribution in [2.45, 2.75) is 55.8 Å². The van der Waals surface area contributed by atoms with E-state index >= 15 is 0 Å². The molecule has 4 saturated carbocycles. The Kier molecular flexibility index (Phi) is 4.15. The summed E-state index contributed by atoms with van der Waals surface area (Å²) in [5.41, 5.74) is -1.82. The lowest BCUT2D eigenvalue weighted by Gasteiger charge is -2.60. The Labute approximate surface area is 145 Å². The number of halogens is 2. The zero-order valence-electron chi connectivity index (χ0n) is 13.6. The van der Waals surface area contributed by atoms with Crippen molar-refractivity contribution < 1.29 is 35.5 Å². The summed E-state index contributed by atoms with van der Waals surface area (Å²) in [4.78, 5) is 12.1. The van der Waals surface area contributed by atoms with Gasteiger partial charge in [-0.25, -0.2) is 16.8 Å². The summed E-state index contributed by atoms with van der Waals surface area (Å²) in [5, 5.41) is 5.68. The molecule has 0 radical (unpaired) electrons. The first-order valence-corrected chi connectivity index (χ1v) is 11.3. The van der Waals surface area contributed by atoms with Gasteiger partial charge in [0, 0.05) is 12.7 Å². The van der Waals surface area contributed by atoms with Crippen molar-refractivity contribution in [1.29, 1.82) is 0 Å². The highest BCUT2D eigenvalue weighted by molar-refractivity contribution is 8.12. The van der Waals surface area contributed by atoms with Gasteiger partial charge >= 0.3 is 5.25 Å². The van der Waals surface area contributed by atoms with Gasteiger partial charge in [-0.05, 0) is 55.8 Å².